The molecule has 0 bridgehead atoms. The summed E-state index contributed by atoms with van der Waals surface area (Å²) in [5.41, 5.74) is 2.27. The topological polar surface area (TPSA) is 83.1 Å². The number of nitro benzene ring substituents is 1. The summed E-state index contributed by atoms with van der Waals surface area (Å²) in [4.78, 5) is 24.4. The van der Waals surface area contributed by atoms with Crippen LogP contribution in [0.4, 0.5) is 5.69 Å². The normalized spacial score (nSPS) is 11.1. The van der Waals surface area contributed by atoms with Crippen LogP contribution in [0.3, 0.4) is 0 Å². The molecule has 7 nitrogen and oxygen atoms in total. The van der Waals surface area contributed by atoms with E-state index < -0.39 is 10.9 Å². The number of carbonyl (C=O) groups excluding carboxylic acids is 1. The Bertz CT molecular complexity index is 1220. The average Bonchev–Trinajstić information content (AvgIpc) is 3.22. The minimum atomic E-state index is -0.431. The van der Waals surface area contributed by atoms with E-state index in [4.69, 9.17) is 9.47 Å². The standard InChI is InChI=1S/C20H16N2O5S/c1-3-27-20(23)15-14-10-6-7-11-21(14)16-17(26-2)18(28-19(15)16)12-8-4-5-9-13(12)22(24)25/h4-11H,3H2,1-2H3. The molecule has 3 heterocycles. The zero-order valence-corrected chi connectivity index (χ0v) is 16.0. The number of fused-ring (bicyclic) bond motifs is 3. The number of nitro groups is 1. The quantitative estimate of drug-likeness (QED) is 0.272. The van der Waals surface area contributed by atoms with Crippen LogP contribution in [-0.2, 0) is 4.74 Å². The van der Waals surface area contributed by atoms with Crippen molar-refractivity contribution in [3.05, 3.63) is 64.3 Å². The maximum absolute atomic E-state index is 12.7. The molecule has 28 heavy (non-hydrogen) atoms. The van der Waals surface area contributed by atoms with E-state index in [1.54, 1.807) is 25.1 Å². The Morgan fingerprint density at radius 2 is 1.96 bits per heavy atom. The Morgan fingerprint density at radius 3 is 2.68 bits per heavy atom. The van der Waals surface area contributed by atoms with Gasteiger partial charge in [-0.1, -0.05) is 18.2 Å². The molecule has 0 aliphatic rings. The molecule has 8 heteroatoms. The molecule has 3 aromatic heterocycles. The first-order valence-corrected chi connectivity index (χ1v) is 9.40. The van der Waals surface area contributed by atoms with Crippen LogP contribution in [0.5, 0.6) is 5.75 Å². The van der Waals surface area contributed by atoms with Gasteiger partial charge in [0.15, 0.2) is 5.75 Å². The summed E-state index contributed by atoms with van der Waals surface area (Å²) in [7, 11) is 1.52. The molecule has 1 aromatic carbocycles. The number of pyridine rings is 1. The van der Waals surface area contributed by atoms with E-state index in [0.717, 1.165) is 0 Å². The van der Waals surface area contributed by atoms with Crippen LogP contribution < -0.4 is 4.74 Å². The van der Waals surface area contributed by atoms with Gasteiger partial charge in [-0.25, -0.2) is 4.79 Å². The summed E-state index contributed by atoms with van der Waals surface area (Å²) in [6.45, 7) is 2.01. The predicted octanol–water partition coefficient (Wildman–Crippen LogP) is 4.91. The van der Waals surface area contributed by atoms with Gasteiger partial charge in [0, 0.05) is 12.3 Å². The van der Waals surface area contributed by atoms with Crippen molar-refractivity contribution in [2.75, 3.05) is 13.7 Å². The molecule has 142 valence electrons. The fourth-order valence-electron chi connectivity index (χ4n) is 3.35. The SMILES string of the molecule is CCOC(=O)c1c2sc(-c3ccccc3[N+](=O)[O-])c(OC)c2n2ccccc12. The number of benzene rings is 1. The first-order valence-electron chi connectivity index (χ1n) is 8.58. The van der Waals surface area contributed by atoms with Crippen molar-refractivity contribution in [1.82, 2.24) is 4.40 Å². The number of nitrogens with zero attached hydrogens (tertiary/aromatic N) is 2. The van der Waals surface area contributed by atoms with Gasteiger partial charge in [0.25, 0.3) is 5.69 Å². The predicted molar refractivity (Wildman–Crippen MR) is 107 cm³/mol. The molecular weight excluding hydrogens is 380 g/mol. The Morgan fingerprint density at radius 1 is 1.21 bits per heavy atom. The lowest BCUT2D eigenvalue weighted by Crippen LogP contribution is -2.04. The van der Waals surface area contributed by atoms with Crippen LogP contribution in [-0.4, -0.2) is 29.0 Å². The number of hydrogen-bond donors (Lipinski definition) is 0. The van der Waals surface area contributed by atoms with Crippen molar-refractivity contribution >= 4 is 38.7 Å². The fourth-order valence-corrected chi connectivity index (χ4v) is 4.68. The number of carbonyl (C=O) groups is 1. The third-order valence-corrected chi connectivity index (χ3v) is 5.66. The summed E-state index contributed by atoms with van der Waals surface area (Å²) in [5.74, 6) is 0.0604. The highest BCUT2D eigenvalue weighted by Crippen LogP contribution is 2.49. The summed E-state index contributed by atoms with van der Waals surface area (Å²) < 4.78 is 13.5. The van der Waals surface area contributed by atoms with Crippen molar-refractivity contribution < 1.29 is 19.2 Å². The van der Waals surface area contributed by atoms with Gasteiger partial charge >= 0.3 is 5.97 Å². The highest BCUT2D eigenvalue weighted by atomic mass is 32.1. The first kappa shape index (κ1) is 18.0. The summed E-state index contributed by atoms with van der Waals surface area (Å²) in [6, 6.07) is 12.0. The van der Waals surface area contributed by atoms with Gasteiger partial charge in [-0.05, 0) is 25.1 Å². The molecule has 0 N–H and O–H groups in total. The smallest absolute Gasteiger partial charge is 0.341 e. The van der Waals surface area contributed by atoms with Crippen LogP contribution in [0.2, 0.25) is 0 Å². The van der Waals surface area contributed by atoms with Crippen LogP contribution >= 0.6 is 11.3 Å². The number of thiophene rings is 1. The number of aromatic nitrogens is 1. The van der Waals surface area contributed by atoms with E-state index in [1.165, 1.54) is 24.5 Å². The largest absolute Gasteiger partial charge is 0.493 e. The molecule has 0 atom stereocenters. The van der Waals surface area contributed by atoms with E-state index in [-0.39, 0.29) is 12.3 Å². The van der Waals surface area contributed by atoms with Gasteiger partial charge in [0.1, 0.15) is 11.1 Å². The first-order chi connectivity index (χ1) is 13.6. The number of rotatable bonds is 5. The molecule has 0 radical (unpaired) electrons. The lowest BCUT2D eigenvalue weighted by atomic mass is 10.1. The highest BCUT2D eigenvalue weighted by molar-refractivity contribution is 7.23. The van der Waals surface area contributed by atoms with Crippen molar-refractivity contribution in [2.45, 2.75) is 6.92 Å². The number of ether oxygens (including phenoxy) is 2. The van der Waals surface area contributed by atoms with Crippen molar-refractivity contribution in [1.29, 1.82) is 0 Å². The lowest BCUT2D eigenvalue weighted by molar-refractivity contribution is -0.384. The van der Waals surface area contributed by atoms with Crippen LogP contribution in [0.15, 0.2) is 48.7 Å². The fraction of sp³-hybridized carbons (Fsp3) is 0.150. The van der Waals surface area contributed by atoms with Gasteiger partial charge in [-0.3, -0.25) is 10.1 Å². The van der Waals surface area contributed by atoms with E-state index in [1.807, 2.05) is 28.8 Å². The zero-order chi connectivity index (χ0) is 19.8. The van der Waals surface area contributed by atoms with Gasteiger partial charge < -0.3 is 13.9 Å². The van der Waals surface area contributed by atoms with Crippen LogP contribution in [0.25, 0.3) is 26.2 Å². The molecular formula is C20H16N2O5S. The van der Waals surface area contributed by atoms with Crippen molar-refractivity contribution in [3.8, 4) is 16.2 Å². The third-order valence-electron chi connectivity index (χ3n) is 4.45. The average molecular weight is 396 g/mol. The van der Waals surface area contributed by atoms with Crippen molar-refractivity contribution in [3.63, 3.8) is 0 Å². The maximum atomic E-state index is 12.7. The second-order valence-electron chi connectivity index (χ2n) is 5.97. The summed E-state index contributed by atoms with van der Waals surface area (Å²) in [5, 5.41) is 11.5. The minimum absolute atomic E-state index is 0.0170. The van der Waals surface area contributed by atoms with Crippen LogP contribution in [0, 0.1) is 10.1 Å². The molecule has 0 fully saturated rings. The molecule has 0 aliphatic carbocycles. The molecule has 0 saturated heterocycles. The van der Waals surface area contributed by atoms with Gasteiger partial charge in [-0.2, -0.15) is 0 Å². The van der Waals surface area contributed by atoms with E-state index in [9.17, 15) is 14.9 Å². The van der Waals surface area contributed by atoms with E-state index in [2.05, 4.69) is 0 Å². The molecule has 0 unspecified atom stereocenters. The minimum Gasteiger partial charge on any atom is -0.493 e. The monoisotopic (exact) mass is 396 g/mol. The Hall–Kier alpha value is -3.39. The van der Waals surface area contributed by atoms with E-state index >= 15 is 0 Å². The zero-order valence-electron chi connectivity index (χ0n) is 15.2. The molecule has 0 spiro atoms. The molecule has 4 rings (SSSR count). The highest BCUT2D eigenvalue weighted by Gasteiger charge is 2.29. The van der Waals surface area contributed by atoms with Gasteiger partial charge in [-0.15, -0.1) is 11.3 Å². The number of methoxy groups -OCH3 is 1. The van der Waals surface area contributed by atoms with Gasteiger partial charge in [0.2, 0.25) is 0 Å². The van der Waals surface area contributed by atoms with Gasteiger partial charge in [0.05, 0.1) is 39.3 Å². The second kappa shape index (κ2) is 6.97. The summed E-state index contributed by atoms with van der Waals surface area (Å²) >= 11 is 1.29. The number of para-hydroxylation sites is 1. The third kappa shape index (κ3) is 2.61. The van der Waals surface area contributed by atoms with Crippen LogP contribution in [0.1, 0.15) is 17.3 Å². The van der Waals surface area contributed by atoms with E-state index in [0.29, 0.717) is 37.5 Å². The lowest BCUT2D eigenvalue weighted by Gasteiger charge is -2.06. The molecule has 0 saturated carbocycles. The number of hydrogen-bond acceptors (Lipinski definition) is 6. The summed E-state index contributed by atoms with van der Waals surface area (Å²) in [6.07, 6.45) is 1.83. The Kier molecular flexibility index (Phi) is 4.48. The molecule has 0 aliphatic heterocycles. The second-order valence-corrected chi connectivity index (χ2v) is 6.99. The van der Waals surface area contributed by atoms with Crippen molar-refractivity contribution in [2.24, 2.45) is 0 Å². The number of esters is 1. The molecule has 4 aromatic rings. The Labute approximate surface area is 163 Å². The molecule has 0 amide bonds. The maximum Gasteiger partial charge on any atom is 0.341 e. The Balaban J connectivity index is 2.11.